The molecule has 0 bridgehead atoms. The molecule has 1 saturated carbocycles. The summed E-state index contributed by atoms with van der Waals surface area (Å²) in [4.78, 5) is 4.36. The highest BCUT2D eigenvalue weighted by molar-refractivity contribution is 5.85. The largest absolute Gasteiger partial charge is 0.497 e. The summed E-state index contributed by atoms with van der Waals surface area (Å²) in [5, 5.41) is 4.00. The van der Waals surface area contributed by atoms with Gasteiger partial charge in [-0.1, -0.05) is 24.1 Å². The molecule has 1 fully saturated rings. The first-order valence-electron chi connectivity index (χ1n) is 7.08. The molecular formula is C15H20ClN3O3. The van der Waals surface area contributed by atoms with Crippen molar-refractivity contribution in [3.05, 3.63) is 36.0 Å². The highest BCUT2D eigenvalue weighted by Crippen LogP contribution is 2.34. The van der Waals surface area contributed by atoms with Crippen LogP contribution in [0.2, 0.25) is 0 Å². The van der Waals surface area contributed by atoms with Crippen molar-refractivity contribution in [1.82, 2.24) is 10.1 Å². The first-order chi connectivity index (χ1) is 10.2. The Morgan fingerprint density at radius 2 is 2.00 bits per heavy atom. The van der Waals surface area contributed by atoms with Crippen LogP contribution in [0.4, 0.5) is 0 Å². The van der Waals surface area contributed by atoms with Crippen LogP contribution in [0.1, 0.15) is 37.4 Å². The molecule has 0 saturated heterocycles. The molecule has 0 aliphatic heterocycles. The molecule has 2 aromatic rings. The van der Waals surface area contributed by atoms with Crippen molar-refractivity contribution in [1.29, 1.82) is 0 Å². The summed E-state index contributed by atoms with van der Waals surface area (Å²) in [7, 11) is 1.62. The van der Waals surface area contributed by atoms with Gasteiger partial charge in [-0.3, -0.25) is 0 Å². The fourth-order valence-corrected chi connectivity index (χ4v) is 2.58. The number of hydrogen-bond acceptors (Lipinski definition) is 6. The van der Waals surface area contributed by atoms with Gasteiger partial charge in [0, 0.05) is 6.07 Å². The minimum atomic E-state index is -0.433. The van der Waals surface area contributed by atoms with E-state index in [1.54, 1.807) is 13.2 Å². The fourth-order valence-electron chi connectivity index (χ4n) is 2.58. The van der Waals surface area contributed by atoms with E-state index in [1.165, 1.54) is 0 Å². The number of aromatic nitrogens is 2. The minimum absolute atomic E-state index is 0. The second kappa shape index (κ2) is 6.98. The van der Waals surface area contributed by atoms with Crippen LogP contribution in [0, 0.1) is 0 Å². The first-order valence-corrected chi connectivity index (χ1v) is 7.08. The molecule has 22 heavy (non-hydrogen) atoms. The topological polar surface area (TPSA) is 83.4 Å². The maximum absolute atomic E-state index is 6.30. The molecule has 0 spiro atoms. The lowest BCUT2D eigenvalue weighted by Gasteiger charge is -2.17. The number of rotatable bonds is 5. The third-order valence-electron chi connectivity index (χ3n) is 3.81. The van der Waals surface area contributed by atoms with Crippen LogP contribution in [-0.2, 0) is 12.1 Å². The minimum Gasteiger partial charge on any atom is -0.497 e. The van der Waals surface area contributed by atoms with Crippen LogP contribution in [-0.4, -0.2) is 17.3 Å². The molecule has 1 aliphatic carbocycles. The zero-order valence-corrected chi connectivity index (χ0v) is 13.3. The number of nitrogens with zero attached hydrogens (tertiary/aromatic N) is 2. The van der Waals surface area contributed by atoms with Gasteiger partial charge in [-0.25, -0.2) is 0 Å². The summed E-state index contributed by atoms with van der Waals surface area (Å²) in [6.45, 7) is 0.218. The van der Waals surface area contributed by atoms with Gasteiger partial charge >= 0.3 is 0 Å². The third-order valence-corrected chi connectivity index (χ3v) is 3.81. The predicted octanol–water partition coefficient (Wildman–Crippen LogP) is 2.81. The Bertz CT molecular complexity index is 612. The lowest BCUT2D eigenvalue weighted by molar-refractivity contribution is 0.240. The predicted molar refractivity (Wildman–Crippen MR) is 83.2 cm³/mol. The van der Waals surface area contributed by atoms with E-state index in [2.05, 4.69) is 10.1 Å². The third kappa shape index (κ3) is 3.51. The molecule has 1 aliphatic rings. The van der Waals surface area contributed by atoms with Crippen molar-refractivity contribution in [2.75, 3.05) is 7.11 Å². The monoisotopic (exact) mass is 325 g/mol. The number of benzene rings is 1. The Hall–Kier alpha value is -1.79. The number of methoxy groups -OCH3 is 1. The average Bonchev–Trinajstić information content (AvgIpc) is 3.15. The quantitative estimate of drug-likeness (QED) is 0.910. The van der Waals surface area contributed by atoms with Crippen LogP contribution in [0.5, 0.6) is 11.5 Å². The fraction of sp³-hybridized carbons (Fsp3) is 0.467. The molecule has 0 amide bonds. The Labute approximate surface area is 135 Å². The van der Waals surface area contributed by atoms with E-state index in [1.807, 2.05) is 18.2 Å². The Balaban J connectivity index is 0.00000176. The lowest BCUT2D eigenvalue weighted by atomic mass is 9.99. The highest BCUT2D eigenvalue weighted by atomic mass is 35.5. The number of halogens is 1. The van der Waals surface area contributed by atoms with Gasteiger partial charge < -0.3 is 19.7 Å². The first kappa shape index (κ1) is 16.6. The molecule has 0 atom stereocenters. The van der Waals surface area contributed by atoms with Crippen molar-refractivity contribution in [3.63, 3.8) is 0 Å². The van der Waals surface area contributed by atoms with E-state index in [9.17, 15) is 0 Å². The van der Waals surface area contributed by atoms with Gasteiger partial charge in [-0.15, -0.1) is 12.4 Å². The Morgan fingerprint density at radius 3 is 2.73 bits per heavy atom. The van der Waals surface area contributed by atoms with Gasteiger partial charge in [0.2, 0.25) is 0 Å². The van der Waals surface area contributed by atoms with Crippen molar-refractivity contribution in [2.24, 2.45) is 5.73 Å². The standard InChI is InChI=1S/C15H19N3O3.ClH/c1-19-11-5-4-6-12(9-11)20-10-13-17-14(18-21-13)15(16)7-2-3-8-15;/h4-6,9H,2-3,7-8,10,16H2,1H3;1H. The van der Waals surface area contributed by atoms with E-state index in [0.717, 1.165) is 31.4 Å². The van der Waals surface area contributed by atoms with Crippen molar-refractivity contribution in [3.8, 4) is 11.5 Å². The number of hydrogen-bond donors (Lipinski definition) is 1. The van der Waals surface area contributed by atoms with Crippen LogP contribution < -0.4 is 15.2 Å². The SMILES string of the molecule is COc1cccc(OCc2nc(C3(N)CCCC3)no2)c1.Cl. The molecule has 3 rings (SSSR count). The van der Waals surface area contributed by atoms with Crippen molar-refractivity contribution >= 4 is 12.4 Å². The summed E-state index contributed by atoms with van der Waals surface area (Å²) in [5.74, 6) is 2.46. The number of ether oxygens (including phenoxy) is 2. The number of nitrogens with two attached hydrogens (primary N) is 1. The van der Waals surface area contributed by atoms with Crippen LogP contribution >= 0.6 is 12.4 Å². The van der Waals surface area contributed by atoms with Crippen LogP contribution in [0.15, 0.2) is 28.8 Å². The molecule has 2 N–H and O–H groups in total. The van der Waals surface area contributed by atoms with Gasteiger partial charge in [0.05, 0.1) is 12.6 Å². The van der Waals surface area contributed by atoms with Crippen LogP contribution in [0.3, 0.4) is 0 Å². The van der Waals surface area contributed by atoms with Gasteiger partial charge in [-0.05, 0) is 25.0 Å². The molecule has 7 heteroatoms. The zero-order chi connectivity index (χ0) is 14.7. The van der Waals surface area contributed by atoms with Crippen LogP contribution in [0.25, 0.3) is 0 Å². The molecule has 1 aromatic heterocycles. The van der Waals surface area contributed by atoms with E-state index < -0.39 is 5.54 Å². The normalized spacial score (nSPS) is 16.1. The van der Waals surface area contributed by atoms with Crippen molar-refractivity contribution < 1.29 is 14.0 Å². The summed E-state index contributed by atoms with van der Waals surface area (Å²) in [6, 6.07) is 7.37. The van der Waals surface area contributed by atoms with E-state index in [4.69, 9.17) is 19.7 Å². The van der Waals surface area contributed by atoms with Gasteiger partial charge in [0.1, 0.15) is 11.5 Å². The molecule has 1 aromatic carbocycles. The summed E-state index contributed by atoms with van der Waals surface area (Å²) in [5.41, 5.74) is 5.86. The van der Waals surface area contributed by atoms with Crippen molar-refractivity contribution in [2.45, 2.75) is 37.8 Å². The highest BCUT2D eigenvalue weighted by Gasteiger charge is 2.35. The molecule has 1 heterocycles. The maximum atomic E-state index is 6.30. The van der Waals surface area contributed by atoms with Gasteiger partial charge in [0.15, 0.2) is 12.4 Å². The second-order valence-electron chi connectivity index (χ2n) is 5.34. The molecular weight excluding hydrogens is 306 g/mol. The Kier molecular flexibility index (Phi) is 5.26. The molecule has 0 unspecified atom stereocenters. The summed E-state index contributed by atoms with van der Waals surface area (Å²) in [6.07, 6.45) is 4.03. The second-order valence-corrected chi connectivity index (χ2v) is 5.34. The molecule has 120 valence electrons. The maximum Gasteiger partial charge on any atom is 0.264 e. The van der Waals surface area contributed by atoms with E-state index in [-0.39, 0.29) is 19.0 Å². The van der Waals surface area contributed by atoms with Gasteiger partial charge in [-0.2, -0.15) is 4.98 Å². The molecule has 6 nitrogen and oxygen atoms in total. The lowest BCUT2D eigenvalue weighted by Crippen LogP contribution is -2.34. The van der Waals surface area contributed by atoms with E-state index >= 15 is 0 Å². The average molecular weight is 326 g/mol. The Morgan fingerprint density at radius 1 is 1.27 bits per heavy atom. The zero-order valence-electron chi connectivity index (χ0n) is 12.4. The van der Waals surface area contributed by atoms with Gasteiger partial charge in [0.25, 0.3) is 5.89 Å². The van der Waals surface area contributed by atoms with E-state index in [0.29, 0.717) is 17.5 Å². The summed E-state index contributed by atoms with van der Waals surface area (Å²) >= 11 is 0. The molecule has 0 radical (unpaired) electrons. The smallest absolute Gasteiger partial charge is 0.264 e. The summed E-state index contributed by atoms with van der Waals surface area (Å²) < 4.78 is 16.0.